The number of carbonyl (C=O) groups is 2. The molecule has 1 fully saturated rings. The molecule has 120 valence electrons. The Labute approximate surface area is 142 Å². The highest BCUT2D eigenvalue weighted by Crippen LogP contribution is 2.31. The van der Waals surface area contributed by atoms with E-state index in [9.17, 15) is 9.59 Å². The van der Waals surface area contributed by atoms with E-state index in [-0.39, 0.29) is 24.3 Å². The molecule has 1 aromatic carbocycles. The van der Waals surface area contributed by atoms with Gasteiger partial charge in [-0.15, -0.1) is 0 Å². The standard InChI is InChI=1S/C16H14Cl2N2O3/c17-9-1-4-11(12(18)7-9)13-5-6-14(23-13)16(22)19-8-15(21)20-10-2-3-10/h1,4-7,10H,2-3,8H2,(H,19,22)(H,20,21). The molecule has 3 rings (SSSR count). The Balaban J connectivity index is 1.63. The maximum atomic E-state index is 12.0. The van der Waals surface area contributed by atoms with Crippen LogP contribution in [0.5, 0.6) is 0 Å². The van der Waals surface area contributed by atoms with Crippen LogP contribution in [0.3, 0.4) is 0 Å². The summed E-state index contributed by atoms with van der Waals surface area (Å²) in [5.41, 5.74) is 0.640. The number of furan rings is 1. The second-order valence-corrected chi connectivity index (χ2v) is 6.16. The van der Waals surface area contributed by atoms with E-state index in [2.05, 4.69) is 10.6 Å². The van der Waals surface area contributed by atoms with Crippen molar-refractivity contribution in [2.45, 2.75) is 18.9 Å². The summed E-state index contributed by atoms with van der Waals surface area (Å²) in [6, 6.07) is 8.45. The van der Waals surface area contributed by atoms with Crippen LogP contribution in [0.1, 0.15) is 23.4 Å². The van der Waals surface area contributed by atoms with Gasteiger partial charge in [-0.3, -0.25) is 9.59 Å². The molecule has 2 aromatic rings. The molecule has 0 radical (unpaired) electrons. The lowest BCUT2D eigenvalue weighted by atomic mass is 10.2. The second kappa shape index (κ2) is 6.64. The van der Waals surface area contributed by atoms with Gasteiger partial charge in [0.15, 0.2) is 5.76 Å². The van der Waals surface area contributed by atoms with Gasteiger partial charge in [0.1, 0.15) is 5.76 Å². The first-order valence-electron chi connectivity index (χ1n) is 7.16. The molecule has 7 heteroatoms. The van der Waals surface area contributed by atoms with Crippen LogP contribution in [-0.2, 0) is 4.79 Å². The van der Waals surface area contributed by atoms with Crippen molar-refractivity contribution in [3.63, 3.8) is 0 Å². The zero-order chi connectivity index (χ0) is 16.4. The van der Waals surface area contributed by atoms with Gasteiger partial charge in [0.25, 0.3) is 5.91 Å². The van der Waals surface area contributed by atoms with Crippen molar-refractivity contribution in [3.05, 3.63) is 46.1 Å². The predicted molar refractivity (Wildman–Crippen MR) is 87.7 cm³/mol. The number of nitrogens with one attached hydrogen (secondary N) is 2. The molecule has 2 N–H and O–H groups in total. The second-order valence-electron chi connectivity index (χ2n) is 5.31. The molecule has 1 saturated carbocycles. The van der Waals surface area contributed by atoms with Gasteiger partial charge in [-0.05, 0) is 43.2 Å². The first-order chi connectivity index (χ1) is 11.0. The van der Waals surface area contributed by atoms with Crippen LogP contribution in [0, 0.1) is 0 Å². The van der Waals surface area contributed by atoms with Crippen molar-refractivity contribution in [1.29, 1.82) is 0 Å². The van der Waals surface area contributed by atoms with Crippen molar-refractivity contribution >= 4 is 35.0 Å². The van der Waals surface area contributed by atoms with E-state index in [4.69, 9.17) is 27.6 Å². The normalized spacial score (nSPS) is 13.7. The number of hydrogen-bond acceptors (Lipinski definition) is 3. The lowest BCUT2D eigenvalue weighted by Gasteiger charge is -2.04. The third-order valence-electron chi connectivity index (χ3n) is 3.38. The van der Waals surface area contributed by atoms with Crippen LogP contribution in [0.2, 0.25) is 10.0 Å². The molecule has 1 aliphatic carbocycles. The Kier molecular flexibility index (Phi) is 4.59. The molecule has 0 aliphatic heterocycles. The molecule has 0 atom stereocenters. The Morgan fingerprint density at radius 2 is 1.96 bits per heavy atom. The summed E-state index contributed by atoms with van der Waals surface area (Å²) in [6.07, 6.45) is 2.01. The number of carbonyl (C=O) groups excluding carboxylic acids is 2. The van der Waals surface area contributed by atoms with E-state index in [1.54, 1.807) is 24.3 Å². The first-order valence-corrected chi connectivity index (χ1v) is 7.91. The molecular weight excluding hydrogens is 339 g/mol. The number of rotatable bonds is 5. The average Bonchev–Trinajstić information content (AvgIpc) is 3.18. The van der Waals surface area contributed by atoms with Gasteiger partial charge in [-0.2, -0.15) is 0 Å². The van der Waals surface area contributed by atoms with Crippen molar-refractivity contribution in [2.24, 2.45) is 0 Å². The van der Waals surface area contributed by atoms with E-state index < -0.39 is 5.91 Å². The average molecular weight is 353 g/mol. The van der Waals surface area contributed by atoms with Gasteiger partial charge in [0.2, 0.25) is 5.91 Å². The van der Waals surface area contributed by atoms with Crippen molar-refractivity contribution < 1.29 is 14.0 Å². The molecular formula is C16H14Cl2N2O3. The van der Waals surface area contributed by atoms with Crippen molar-refractivity contribution in [3.8, 4) is 11.3 Å². The van der Waals surface area contributed by atoms with Crippen LogP contribution in [0.25, 0.3) is 11.3 Å². The summed E-state index contributed by atoms with van der Waals surface area (Å²) in [7, 11) is 0. The molecule has 1 heterocycles. The number of halogens is 2. The van der Waals surface area contributed by atoms with Gasteiger partial charge in [0, 0.05) is 16.6 Å². The van der Waals surface area contributed by atoms with Crippen LogP contribution in [0.4, 0.5) is 0 Å². The minimum Gasteiger partial charge on any atom is -0.451 e. The maximum absolute atomic E-state index is 12.0. The van der Waals surface area contributed by atoms with E-state index in [0.717, 1.165) is 12.8 Å². The van der Waals surface area contributed by atoms with Gasteiger partial charge < -0.3 is 15.1 Å². The predicted octanol–water partition coefficient (Wildman–Crippen LogP) is 3.26. The molecule has 5 nitrogen and oxygen atoms in total. The fourth-order valence-electron chi connectivity index (χ4n) is 2.05. The first kappa shape index (κ1) is 15.9. The molecule has 2 amide bonds. The van der Waals surface area contributed by atoms with E-state index in [1.165, 1.54) is 6.07 Å². The minimum atomic E-state index is -0.452. The Morgan fingerprint density at radius 3 is 2.65 bits per heavy atom. The van der Waals surface area contributed by atoms with E-state index in [1.807, 2.05) is 0 Å². The van der Waals surface area contributed by atoms with Crippen LogP contribution >= 0.6 is 23.2 Å². The Bertz CT molecular complexity index is 754. The lowest BCUT2D eigenvalue weighted by Crippen LogP contribution is -2.37. The quantitative estimate of drug-likeness (QED) is 0.867. The van der Waals surface area contributed by atoms with Gasteiger partial charge in [0.05, 0.1) is 11.6 Å². The Hall–Kier alpha value is -1.98. The fourth-order valence-corrected chi connectivity index (χ4v) is 2.55. The molecule has 0 saturated heterocycles. The summed E-state index contributed by atoms with van der Waals surface area (Å²) in [6.45, 7) is -0.0763. The summed E-state index contributed by atoms with van der Waals surface area (Å²) in [5.74, 6) is -0.0786. The fraction of sp³-hybridized carbons (Fsp3) is 0.250. The third-order valence-corrected chi connectivity index (χ3v) is 3.93. The molecule has 23 heavy (non-hydrogen) atoms. The van der Waals surface area contributed by atoms with E-state index in [0.29, 0.717) is 21.4 Å². The number of hydrogen-bond donors (Lipinski definition) is 2. The number of benzene rings is 1. The Morgan fingerprint density at radius 1 is 1.17 bits per heavy atom. The highest BCUT2D eigenvalue weighted by Gasteiger charge is 2.23. The third kappa shape index (κ3) is 4.06. The highest BCUT2D eigenvalue weighted by atomic mass is 35.5. The topological polar surface area (TPSA) is 71.3 Å². The summed E-state index contributed by atoms with van der Waals surface area (Å²) in [5, 5.41) is 6.26. The van der Waals surface area contributed by atoms with Crippen LogP contribution < -0.4 is 10.6 Å². The summed E-state index contributed by atoms with van der Waals surface area (Å²) < 4.78 is 5.51. The molecule has 0 bridgehead atoms. The lowest BCUT2D eigenvalue weighted by molar-refractivity contribution is -0.120. The SMILES string of the molecule is O=C(CNC(=O)c1ccc(-c2ccc(Cl)cc2Cl)o1)NC1CC1. The monoisotopic (exact) mass is 352 g/mol. The van der Waals surface area contributed by atoms with Crippen molar-refractivity contribution in [2.75, 3.05) is 6.54 Å². The molecule has 0 unspecified atom stereocenters. The largest absolute Gasteiger partial charge is 0.451 e. The zero-order valence-corrected chi connectivity index (χ0v) is 13.6. The summed E-state index contributed by atoms with van der Waals surface area (Å²) >= 11 is 12.0. The zero-order valence-electron chi connectivity index (χ0n) is 12.1. The smallest absolute Gasteiger partial charge is 0.287 e. The van der Waals surface area contributed by atoms with Crippen LogP contribution in [-0.4, -0.2) is 24.4 Å². The maximum Gasteiger partial charge on any atom is 0.287 e. The highest BCUT2D eigenvalue weighted by molar-refractivity contribution is 6.36. The molecule has 1 aromatic heterocycles. The van der Waals surface area contributed by atoms with Gasteiger partial charge >= 0.3 is 0 Å². The number of amides is 2. The van der Waals surface area contributed by atoms with E-state index >= 15 is 0 Å². The minimum absolute atomic E-state index is 0.0763. The van der Waals surface area contributed by atoms with Gasteiger partial charge in [-0.1, -0.05) is 23.2 Å². The summed E-state index contributed by atoms with van der Waals surface area (Å²) in [4.78, 5) is 23.5. The molecule has 1 aliphatic rings. The van der Waals surface area contributed by atoms with Crippen LogP contribution in [0.15, 0.2) is 34.7 Å². The van der Waals surface area contributed by atoms with Crippen molar-refractivity contribution in [1.82, 2.24) is 10.6 Å². The molecule has 0 spiro atoms. The van der Waals surface area contributed by atoms with Gasteiger partial charge in [-0.25, -0.2) is 0 Å².